The molecule has 1 N–H and O–H groups in total. The third kappa shape index (κ3) is 3.19. The molecule has 0 aliphatic carbocycles. The van der Waals surface area contributed by atoms with E-state index >= 15 is 0 Å². The number of nitrogens with zero attached hydrogens (tertiary/aromatic N) is 3. The van der Waals surface area contributed by atoms with Crippen molar-refractivity contribution in [3.8, 4) is 0 Å². The molecule has 1 aliphatic rings. The van der Waals surface area contributed by atoms with Crippen LogP contribution in [-0.2, 0) is 11.3 Å². The number of nitrogens with one attached hydrogen (secondary N) is 1. The summed E-state index contributed by atoms with van der Waals surface area (Å²) in [5.74, 6) is -0.932. The SMILES string of the molecule is Cc1ccn2cc(CNC(=O)CCN3C(=O)c4ccccc4C3=O)nc2c1. The topological polar surface area (TPSA) is 83.8 Å². The molecule has 0 saturated heterocycles. The van der Waals surface area contributed by atoms with Crippen LogP contribution in [0.3, 0.4) is 0 Å². The molecule has 3 amide bonds. The van der Waals surface area contributed by atoms with Crippen LogP contribution < -0.4 is 5.32 Å². The third-order valence-electron chi connectivity index (χ3n) is 4.57. The van der Waals surface area contributed by atoms with Crippen molar-refractivity contribution in [3.05, 3.63) is 71.2 Å². The summed E-state index contributed by atoms with van der Waals surface area (Å²) in [4.78, 5) is 42.3. The number of hydrogen-bond donors (Lipinski definition) is 1. The van der Waals surface area contributed by atoms with Crippen LogP contribution in [0.15, 0.2) is 48.8 Å². The van der Waals surface area contributed by atoms with Crippen LogP contribution in [0.4, 0.5) is 0 Å². The van der Waals surface area contributed by atoms with Crippen molar-refractivity contribution < 1.29 is 14.4 Å². The van der Waals surface area contributed by atoms with E-state index in [2.05, 4.69) is 10.3 Å². The Kier molecular flexibility index (Phi) is 4.19. The van der Waals surface area contributed by atoms with E-state index in [1.807, 2.05) is 35.9 Å². The van der Waals surface area contributed by atoms with Gasteiger partial charge in [0.1, 0.15) is 5.65 Å². The highest BCUT2D eigenvalue weighted by atomic mass is 16.2. The zero-order valence-electron chi connectivity index (χ0n) is 14.8. The van der Waals surface area contributed by atoms with Gasteiger partial charge in [0.05, 0.1) is 23.4 Å². The highest BCUT2D eigenvalue weighted by molar-refractivity contribution is 6.21. The number of imide groups is 1. The van der Waals surface area contributed by atoms with Crippen molar-refractivity contribution in [2.24, 2.45) is 0 Å². The molecule has 4 rings (SSSR count). The maximum atomic E-state index is 12.3. The molecule has 0 saturated carbocycles. The Bertz CT molecular complexity index is 1040. The van der Waals surface area contributed by atoms with Crippen LogP contribution >= 0.6 is 0 Å². The molecule has 7 heteroatoms. The molecule has 0 unspecified atom stereocenters. The molecule has 3 aromatic rings. The fraction of sp³-hybridized carbons (Fsp3) is 0.200. The Hall–Kier alpha value is -3.48. The lowest BCUT2D eigenvalue weighted by Crippen LogP contribution is -2.34. The van der Waals surface area contributed by atoms with E-state index in [4.69, 9.17) is 0 Å². The van der Waals surface area contributed by atoms with E-state index in [0.29, 0.717) is 17.7 Å². The highest BCUT2D eigenvalue weighted by Crippen LogP contribution is 2.22. The Morgan fingerprint density at radius 2 is 1.81 bits per heavy atom. The van der Waals surface area contributed by atoms with Crippen LogP contribution in [0.2, 0.25) is 0 Å². The monoisotopic (exact) mass is 362 g/mol. The summed E-state index contributed by atoms with van der Waals surface area (Å²) in [6.45, 7) is 2.35. The summed E-state index contributed by atoms with van der Waals surface area (Å²) in [5, 5.41) is 2.79. The van der Waals surface area contributed by atoms with Gasteiger partial charge in [-0.05, 0) is 36.8 Å². The normalized spacial score (nSPS) is 13.3. The van der Waals surface area contributed by atoms with Crippen molar-refractivity contribution in [1.82, 2.24) is 19.6 Å². The van der Waals surface area contributed by atoms with E-state index in [-0.39, 0.29) is 30.7 Å². The third-order valence-corrected chi connectivity index (χ3v) is 4.57. The summed E-state index contributed by atoms with van der Waals surface area (Å²) >= 11 is 0. The van der Waals surface area contributed by atoms with Gasteiger partial charge in [-0.25, -0.2) is 4.98 Å². The van der Waals surface area contributed by atoms with Crippen LogP contribution in [0, 0.1) is 6.92 Å². The van der Waals surface area contributed by atoms with Crippen molar-refractivity contribution in [3.63, 3.8) is 0 Å². The summed E-state index contributed by atoms with van der Waals surface area (Å²) < 4.78 is 1.90. The molecule has 2 aromatic heterocycles. The van der Waals surface area contributed by atoms with Crippen molar-refractivity contribution in [1.29, 1.82) is 0 Å². The molecule has 0 spiro atoms. The number of fused-ring (bicyclic) bond motifs is 2. The number of pyridine rings is 1. The first-order chi connectivity index (χ1) is 13.0. The molecule has 3 heterocycles. The lowest BCUT2D eigenvalue weighted by atomic mass is 10.1. The minimum absolute atomic E-state index is 0.0535. The molecule has 0 radical (unpaired) electrons. The molecule has 136 valence electrons. The summed E-state index contributed by atoms with van der Waals surface area (Å²) in [6.07, 6.45) is 3.84. The van der Waals surface area contributed by atoms with Gasteiger partial charge >= 0.3 is 0 Å². The van der Waals surface area contributed by atoms with Gasteiger partial charge in [-0.2, -0.15) is 0 Å². The quantitative estimate of drug-likeness (QED) is 0.703. The molecule has 27 heavy (non-hydrogen) atoms. The molecule has 0 atom stereocenters. The van der Waals surface area contributed by atoms with E-state index in [1.165, 1.54) is 0 Å². The van der Waals surface area contributed by atoms with Gasteiger partial charge in [0.15, 0.2) is 0 Å². The fourth-order valence-electron chi connectivity index (χ4n) is 3.15. The number of carbonyl (C=O) groups excluding carboxylic acids is 3. The van der Waals surface area contributed by atoms with Crippen LogP contribution in [0.1, 0.15) is 38.4 Å². The van der Waals surface area contributed by atoms with Crippen molar-refractivity contribution in [2.75, 3.05) is 6.54 Å². The molecular formula is C20H18N4O3. The predicted molar refractivity (Wildman–Crippen MR) is 98.2 cm³/mol. The average Bonchev–Trinajstić information content (AvgIpc) is 3.17. The van der Waals surface area contributed by atoms with Gasteiger partial charge in [0.25, 0.3) is 11.8 Å². The van der Waals surface area contributed by atoms with E-state index < -0.39 is 0 Å². The first-order valence-corrected chi connectivity index (χ1v) is 8.69. The lowest BCUT2D eigenvalue weighted by molar-refractivity contribution is -0.121. The second-order valence-corrected chi connectivity index (χ2v) is 6.54. The standard InChI is InChI=1S/C20H18N4O3/c1-13-6-8-23-12-14(22-17(23)10-13)11-21-18(25)7-9-24-19(26)15-4-2-3-5-16(15)20(24)27/h2-6,8,10,12H,7,9,11H2,1H3,(H,21,25). The molecule has 1 aliphatic heterocycles. The first-order valence-electron chi connectivity index (χ1n) is 8.69. The summed E-state index contributed by atoms with van der Waals surface area (Å²) in [5.41, 5.74) is 3.47. The maximum absolute atomic E-state index is 12.3. The highest BCUT2D eigenvalue weighted by Gasteiger charge is 2.34. The number of rotatable bonds is 5. The second-order valence-electron chi connectivity index (χ2n) is 6.54. The Morgan fingerprint density at radius 3 is 2.52 bits per heavy atom. The number of benzene rings is 1. The van der Waals surface area contributed by atoms with Crippen LogP contribution in [0.25, 0.3) is 5.65 Å². The summed E-state index contributed by atoms with van der Waals surface area (Å²) in [6, 6.07) is 10.6. The molecule has 0 fully saturated rings. The van der Waals surface area contributed by atoms with Gasteiger partial charge in [-0.1, -0.05) is 12.1 Å². The predicted octanol–water partition coefficient (Wildman–Crippen LogP) is 1.95. The van der Waals surface area contributed by atoms with Gasteiger partial charge in [0, 0.05) is 25.4 Å². The fourth-order valence-corrected chi connectivity index (χ4v) is 3.15. The van der Waals surface area contributed by atoms with Crippen molar-refractivity contribution >= 4 is 23.4 Å². The average molecular weight is 362 g/mol. The minimum Gasteiger partial charge on any atom is -0.350 e. The minimum atomic E-state index is -0.348. The largest absolute Gasteiger partial charge is 0.350 e. The number of aromatic nitrogens is 2. The molecule has 0 bridgehead atoms. The first kappa shape index (κ1) is 17.0. The summed E-state index contributed by atoms with van der Waals surface area (Å²) in [7, 11) is 0. The Labute approximate surface area is 155 Å². The maximum Gasteiger partial charge on any atom is 0.261 e. The van der Waals surface area contributed by atoms with E-state index in [0.717, 1.165) is 21.8 Å². The van der Waals surface area contributed by atoms with Gasteiger partial charge in [-0.15, -0.1) is 0 Å². The second kappa shape index (κ2) is 6.68. The van der Waals surface area contributed by atoms with E-state index in [1.54, 1.807) is 24.3 Å². The van der Waals surface area contributed by atoms with Crippen LogP contribution in [-0.4, -0.2) is 38.6 Å². The number of amides is 3. The van der Waals surface area contributed by atoms with Crippen LogP contribution in [0.5, 0.6) is 0 Å². The Balaban J connectivity index is 1.33. The zero-order chi connectivity index (χ0) is 19.0. The number of carbonyl (C=O) groups is 3. The lowest BCUT2D eigenvalue weighted by Gasteiger charge is -2.13. The van der Waals surface area contributed by atoms with E-state index in [9.17, 15) is 14.4 Å². The molecule has 1 aromatic carbocycles. The Morgan fingerprint density at radius 1 is 1.11 bits per heavy atom. The number of aryl methyl sites for hydroxylation is 1. The smallest absolute Gasteiger partial charge is 0.261 e. The van der Waals surface area contributed by atoms with Crippen molar-refractivity contribution in [2.45, 2.75) is 19.9 Å². The molecular weight excluding hydrogens is 344 g/mol. The number of hydrogen-bond acceptors (Lipinski definition) is 4. The number of imidazole rings is 1. The van der Waals surface area contributed by atoms with Gasteiger partial charge in [0.2, 0.25) is 5.91 Å². The zero-order valence-corrected chi connectivity index (χ0v) is 14.8. The van der Waals surface area contributed by atoms with Gasteiger partial charge in [-0.3, -0.25) is 19.3 Å². The molecule has 7 nitrogen and oxygen atoms in total. The van der Waals surface area contributed by atoms with Gasteiger partial charge < -0.3 is 9.72 Å².